The summed E-state index contributed by atoms with van der Waals surface area (Å²) >= 11 is 3.00. The molecule has 1 aromatic heterocycles. The van der Waals surface area contributed by atoms with Crippen LogP contribution in [0, 0.1) is 6.92 Å². The molecule has 1 atom stereocenters. The van der Waals surface area contributed by atoms with Crippen LogP contribution in [0.5, 0.6) is 0 Å². The van der Waals surface area contributed by atoms with Gasteiger partial charge in [0, 0.05) is 4.90 Å². The van der Waals surface area contributed by atoms with E-state index < -0.39 is 6.10 Å². The minimum absolute atomic E-state index is 0.414. The van der Waals surface area contributed by atoms with Crippen molar-refractivity contribution in [2.45, 2.75) is 29.2 Å². The summed E-state index contributed by atoms with van der Waals surface area (Å²) in [5.74, 6) is 0.813. The Hall–Kier alpha value is -0.910. The molecule has 0 aliphatic heterocycles. The molecule has 3 nitrogen and oxygen atoms in total. The van der Waals surface area contributed by atoms with Crippen LogP contribution in [-0.4, -0.2) is 14.5 Å². The molecule has 1 N–H and O–H groups in total. The van der Waals surface area contributed by atoms with Gasteiger partial charge in [-0.3, -0.25) is 0 Å². The minimum Gasteiger partial charge on any atom is -0.389 e. The molecule has 0 spiro atoms. The van der Waals surface area contributed by atoms with Crippen LogP contribution >= 0.6 is 23.3 Å². The van der Waals surface area contributed by atoms with Crippen molar-refractivity contribution in [1.82, 2.24) is 9.36 Å². The first kappa shape index (κ1) is 11.6. The predicted molar refractivity (Wildman–Crippen MR) is 65.8 cm³/mol. The van der Waals surface area contributed by atoms with Gasteiger partial charge in [-0.05, 0) is 43.1 Å². The van der Waals surface area contributed by atoms with Gasteiger partial charge in [-0.15, -0.1) is 0 Å². The fourth-order valence-corrected chi connectivity index (χ4v) is 2.86. The molecule has 16 heavy (non-hydrogen) atoms. The van der Waals surface area contributed by atoms with Gasteiger partial charge >= 0.3 is 0 Å². The molecule has 0 bridgehead atoms. The second-order valence-corrected chi connectivity index (χ2v) is 5.53. The van der Waals surface area contributed by atoms with Gasteiger partial charge in [0.2, 0.25) is 0 Å². The Kier molecular flexibility index (Phi) is 3.58. The molecule has 5 heteroatoms. The standard InChI is InChI=1S/C11H12N2OS2/c1-7(14)9-3-5-10(6-4-9)15-11-12-8(2)13-16-11/h3-7,14H,1-2H3. The number of hydrogen-bond acceptors (Lipinski definition) is 5. The Balaban J connectivity index is 2.11. The zero-order valence-corrected chi connectivity index (χ0v) is 10.7. The van der Waals surface area contributed by atoms with E-state index in [0.29, 0.717) is 0 Å². The lowest BCUT2D eigenvalue weighted by Crippen LogP contribution is -1.89. The van der Waals surface area contributed by atoms with E-state index >= 15 is 0 Å². The minimum atomic E-state index is -0.414. The highest BCUT2D eigenvalue weighted by Crippen LogP contribution is 2.29. The third-order valence-electron chi connectivity index (χ3n) is 2.08. The quantitative estimate of drug-likeness (QED) is 0.912. The summed E-state index contributed by atoms with van der Waals surface area (Å²) in [5.41, 5.74) is 0.929. The van der Waals surface area contributed by atoms with Crippen LogP contribution in [0.4, 0.5) is 0 Å². The van der Waals surface area contributed by atoms with Crippen LogP contribution in [-0.2, 0) is 0 Å². The number of nitrogens with zero attached hydrogens (tertiary/aromatic N) is 2. The Morgan fingerprint density at radius 1 is 1.31 bits per heavy atom. The first-order chi connectivity index (χ1) is 7.65. The molecule has 0 saturated heterocycles. The molecular formula is C11H12N2OS2. The molecule has 2 aromatic rings. The molecule has 2 rings (SSSR count). The molecule has 84 valence electrons. The van der Waals surface area contributed by atoms with E-state index in [0.717, 1.165) is 20.6 Å². The van der Waals surface area contributed by atoms with Crippen molar-refractivity contribution in [2.75, 3.05) is 0 Å². The van der Waals surface area contributed by atoms with Crippen LogP contribution in [0.3, 0.4) is 0 Å². The van der Waals surface area contributed by atoms with Crippen LogP contribution in [0.1, 0.15) is 24.4 Å². The van der Waals surface area contributed by atoms with Crippen molar-refractivity contribution < 1.29 is 5.11 Å². The van der Waals surface area contributed by atoms with E-state index in [-0.39, 0.29) is 0 Å². The first-order valence-corrected chi connectivity index (χ1v) is 6.50. The average Bonchev–Trinajstić information content (AvgIpc) is 2.65. The van der Waals surface area contributed by atoms with E-state index in [2.05, 4.69) is 9.36 Å². The van der Waals surface area contributed by atoms with Crippen molar-refractivity contribution in [3.05, 3.63) is 35.7 Å². The smallest absolute Gasteiger partial charge is 0.174 e. The fourth-order valence-electron chi connectivity index (χ4n) is 1.23. The van der Waals surface area contributed by atoms with Gasteiger partial charge in [-0.1, -0.05) is 23.9 Å². The number of aromatic nitrogens is 2. The second kappa shape index (κ2) is 4.95. The predicted octanol–water partition coefficient (Wildman–Crippen LogP) is 3.05. The number of aliphatic hydroxyl groups excluding tert-OH is 1. The number of aryl methyl sites for hydroxylation is 1. The Morgan fingerprint density at radius 2 is 2.00 bits per heavy atom. The topological polar surface area (TPSA) is 46.0 Å². The molecule has 0 aliphatic carbocycles. The summed E-state index contributed by atoms with van der Waals surface area (Å²) in [4.78, 5) is 5.40. The lowest BCUT2D eigenvalue weighted by molar-refractivity contribution is 0.199. The second-order valence-electron chi connectivity index (χ2n) is 3.45. The lowest BCUT2D eigenvalue weighted by Gasteiger charge is -2.04. The molecule has 1 aromatic carbocycles. The zero-order valence-electron chi connectivity index (χ0n) is 9.04. The monoisotopic (exact) mass is 252 g/mol. The number of hydrogen-bond donors (Lipinski definition) is 1. The summed E-state index contributed by atoms with van der Waals surface area (Å²) in [6.07, 6.45) is -0.414. The van der Waals surface area contributed by atoms with Gasteiger partial charge in [-0.2, -0.15) is 4.37 Å². The maximum atomic E-state index is 9.38. The van der Waals surface area contributed by atoms with Crippen LogP contribution in [0.2, 0.25) is 0 Å². The van der Waals surface area contributed by atoms with Gasteiger partial charge in [-0.25, -0.2) is 4.98 Å². The van der Waals surface area contributed by atoms with E-state index in [9.17, 15) is 5.11 Å². The molecule has 0 radical (unpaired) electrons. The SMILES string of the molecule is Cc1nsc(Sc2ccc(C(C)O)cc2)n1. The van der Waals surface area contributed by atoms with Gasteiger partial charge in [0.15, 0.2) is 4.34 Å². The summed E-state index contributed by atoms with van der Waals surface area (Å²) in [7, 11) is 0. The molecule has 0 fully saturated rings. The third-order valence-corrected chi connectivity index (χ3v) is 3.93. The van der Waals surface area contributed by atoms with Crippen molar-refractivity contribution >= 4 is 23.3 Å². The molecule has 0 amide bonds. The fraction of sp³-hybridized carbons (Fsp3) is 0.273. The van der Waals surface area contributed by atoms with E-state index in [1.54, 1.807) is 18.7 Å². The molecule has 0 aliphatic rings. The molecule has 1 heterocycles. The Bertz CT molecular complexity index is 465. The maximum absolute atomic E-state index is 9.38. The first-order valence-electron chi connectivity index (χ1n) is 4.91. The third kappa shape index (κ3) is 2.81. The highest BCUT2D eigenvalue weighted by atomic mass is 32.2. The van der Waals surface area contributed by atoms with E-state index in [1.807, 2.05) is 31.2 Å². The van der Waals surface area contributed by atoms with Gasteiger partial charge in [0.05, 0.1) is 6.10 Å². The van der Waals surface area contributed by atoms with E-state index in [1.165, 1.54) is 11.5 Å². The Labute approximate surface area is 103 Å². The maximum Gasteiger partial charge on any atom is 0.174 e. The van der Waals surface area contributed by atoms with E-state index in [4.69, 9.17) is 0 Å². The molecule has 1 unspecified atom stereocenters. The number of benzene rings is 1. The highest BCUT2D eigenvalue weighted by molar-refractivity contribution is 8.01. The van der Waals surface area contributed by atoms with Crippen LogP contribution in [0.15, 0.2) is 33.5 Å². The largest absolute Gasteiger partial charge is 0.389 e. The van der Waals surface area contributed by atoms with Crippen molar-refractivity contribution in [2.24, 2.45) is 0 Å². The lowest BCUT2D eigenvalue weighted by atomic mass is 10.1. The van der Waals surface area contributed by atoms with Crippen LogP contribution in [0.25, 0.3) is 0 Å². The summed E-state index contributed by atoms with van der Waals surface area (Å²) in [5, 5.41) is 9.38. The molecule has 0 saturated carbocycles. The molecular weight excluding hydrogens is 240 g/mol. The van der Waals surface area contributed by atoms with Crippen LogP contribution < -0.4 is 0 Å². The average molecular weight is 252 g/mol. The van der Waals surface area contributed by atoms with Gasteiger partial charge < -0.3 is 5.11 Å². The Morgan fingerprint density at radius 3 is 2.50 bits per heavy atom. The summed E-state index contributed by atoms with van der Waals surface area (Å²) < 4.78 is 5.07. The number of aliphatic hydroxyl groups is 1. The highest BCUT2D eigenvalue weighted by Gasteiger charge is 2.04. The van der Waals surface area contributed by atoms with Gasteiger partial charge in [0.1, 0.15) is 5.82 Å². The van der Waals surface area contributed by atoms with Crippen molar-refractivity contribution in [1.29, 1.82) is 0 Å². The number of rotatable bonds is 3. The summed E-state index contributed by atoms with van der Waals surface area (Å²) in [6.45, 7) is 3.65. The zero-order chi connectivity index (χ0) is 11.5. The van der Waals surface area contributed by atoms with Crippen molar-refractivity contribution in [3.8, 4) is 0 Å². The van der Waals surface area contributed by atoms with Gasteiger partial charge in [0.25, 0.3) is 0 Å². The van der Waals surface area contributed by atoms with Crippen molar-refractivity contribution in [3.63, 3.8) is 0 Å². The summed E-state index contributed by atoms with van der Waals surface area (Å²) in [6, 6.07) is 7.84. The normalized spacial score (nSPS) is 12.7.